The number of benzene rings is 1. The maximum atomic E-state index is 12.4. The highest BCUT2D eigenvalue weighted by molar-refractivity contribution is 5.97. The molecule has 3 aliphatic rings. The first-order valence-electron chi connectivity index (χ1n) is 7.80. The summed E-state index contributed by atoms with van der Waals surface area (Å²) in [6, 6.07) is 7.61. The van der Waals surface area contributed by atoms with Crippen molar-refractivity contribution < 1.29 is 9.21 Å². The van der Waals surface area contributed by atoms with Crippen LogP contribution < -0.4 is 11.1 Å². The Hall–Kier alpha value is -1.97. The summed E-state index contributed by atoms with van der Waals surface area (Å²) in [5.41, 5.74) is 7.15. The molecule has 0 radical (unpaired) electrons. The molecule has 3 aliphatic carbocycles. The standard InChI is InChI=1S/C17H18N2O2/c18-11-3-4-12-10(6-11)7-13(21-12)17(20)19-16-14-8-1-2-9(5-8)15(14)16/h3-4,6-9,14-16H,1-2,5,18H2,(H,19,20). The van der Waals surface area contributed by atoms with Gasteiger partial charge in [-0.2, -0.15) is 0 Å². The van der Waals surface area contributed by atoms with Crippen molar-refractivity contribution in [2.75, 3.05) is 5.73 Å². The van der Waals surface area contributed by atoms with Crippen molar-refractivity contribution in [3.8, 4) is 0 Å². The molecule has 3 N–H and O–H groups in total. The average Bonchev–Trinajstić information content (AvgIpc) is 2.88. The highest BCUT2D eigenvalue weighted by atomic mass is 16.3. The van der Waals surface area contributed by atoms with Gasteiger partial charge in [0.1, 0.15) is 5.58 Å². The molecule has 1 aromatic heterocycles. The normalized spacial score (nSPS) is 35.9. The third-order valence-electron chi connectivity index (χ3n) is 5.80. The van der Waals surface area contributed by atoms with Gasteiger partial charge in [0.2, 0.25) is 0 Å². The minimum absolute atomic E-state index is 0.0800. The Labute approximate surface area is 122 Å². The topological polar surface area (TPSA) is 68.3 Å². The number of rotatable bonds is 2. The van der Waals surface area contributed by atoms with Crippen molar-refractivity contribution in [3.63, 3.8) is 0 Å². The molecule has 3 saturated carbocycles. The monoisotopic (exact) mass is 282 g/mol. The van der Waals surface area contributed by atoms with Crippen LogP contribution in [0.2, 0.25) is 0 Å². The molecule has 108 valence electrons. The summed E-state index contributed by atoms with van der Waals surface area (Å²) in [5.74, 6) is 3.53. The van der Waals surface area contributed by atoms with Crippen molar-refractivity contribution >= 4 is 22.6 Å². The minimum atomic E-state index is -0.0800. The number of hydrogen-bond acceptors (Lipinski definition) is 3. The lowest BCUT2D eigenvalue weighted by atomic mass is 10.0. The molecule has 1 amide bonds. The van der Waals surface area contributed by atoms with E-state index in [1.807, 2.05) is 12.1 Å². The van der Waals surface area contributed by atoms with Gasteiger partial charge in [0, 0.05) is 17.1 Å². The molecular weight excluding hydrogens is 264 g/mol. The van der Waals surface area contributed by atoms with Crippen LogP contribution in [0.1, 0.15) is 29.8 Å². The van der Waals surface area contributed by atoms with Gasteiger partial charge < -0.3 is 15.5 Å². The van der Waals surface area contributed by atoms with E-state index in [1.54, 1.807) is 12.1 Å². The van der Waals surface area contributed by atoms with Crippen LogP contribution in [0.5, 0.6) is 0 Å². The van der Waals surface area contributed by atoms with Crippen LogP contribution in [-0.2, 0) is 0 Å². The van der Waals surface area contributed by atoms with Gasteiger partial charge in [0.25, 0.3) is 5.91 Å². The van der Waals surface area contributed by atoms with E-state index >= 15 is 0 Å². The van der Waals surface area contributed by atoms with E-state index < -0.39 is 0 Å². The summed E-state index contributed by atoms with van der Waals surface area (Å²) >= 11 is 0. The molecule has 4 unspecified atom stereocenters. The molecule has 1 aromatic carbocycles. The summed E-state index contributed by atoms with van der Waals surface area (Å²) in [6.07, 6.45) is 4.12. The number of carbonyl (C=O) groups is 1. The Kier molecular flexibility index (Phi) is 2.12. The van der Waals surface area contributed by atoms with Crippen LogP contribution in [0.25, 0.3) is 11.0 Å². The van der Waals surface area contributed by atoms with E-state index in [9.17, 15) is 4.79 Å². The highest BCUT2D eigenvalue weighted by Crippen LogP contribution is 2.65. The Morgan fingerprint density at radius 1 is 1.19 bits per heavy atom. The molecule has 2 aromatic rings. The molecule has 3 fully saturated rings. The number of hydrogen-bond donors (Lipinski definition) is 2. The second kappa shape index (κ2) is 3.81. The second-order valence-electron chi connectivity index (χ2n) is 6.90. The lowest BCUT2D eigenvalue weighted by Gasteiger charge is -2.09. The Morgan fingerprint density at radius 2 is 1.95 bits per heavy atom. The van der Waals surface area contributed by atoms with Crippen molar-refractivity contribution in [2.24, 2.45) is 23.7 Å². The fourth-order valence-corrected chi connectivity index (χ4v) is 4.91. The van der Waals surface area contributed by atoms with Gasteiger partial charge in [-0.15, -0.1) is 0 Å². The molecule has 0 aliphatic heterocycles. The number of furan rings is 1. The van der Waals surface area contributed by atoms with Gasteiger partial charge in [0.15, 0.2) is 5.76 Å². The molecule has 5 rings (SSSR count). The number of carbonyl (C=O) groups excluding carboxylic acids is 1. The molecule has 4 heteroatoms. The quantitative estimate of drug-likeness (QED) is 0.832. The van der Waals surface area contributed by atoms with Crippen LogP contribution in [0.3, 0.4) is 0 Å². The van der Waals surface area contributed by atoms with E-state index in [0.717, 1.165) is 29.1 Å². The van der Waals surface area contributed by atoms with E-state index in [0.29, 0.717) is 23.1 Å². The summed E-state index contributed by atoms with van der Waals surface area (Å²) in [4.78, 5) is 12.4. The third kappa shape index (κ3) is 1.59. The Balaban J connectivity index is 1.36. The van der Waals surface area contributed by atoms with E-state index in [2.05, 4.69) is 5.32 Å². The van der Waals surface area contributed by atoms with Crippen molar-refractivity contribution in [1.29, 1.82) is 0 Å². The number of nitrogen functional groups attached to an aromatic ring is 1. The molecule has 4 nitrogen and oxygen atoms in total. The SMILES string of the molecule is Nc1ccc2oc(C(=O)NC3C4C5CCC(C5)C34)cc2c1. The van der Waals surface area contributed by atoms with Crippen LogP contribution >= 0.6 is 0 Å². The van der Waals surface area contributed by atoms with E-state index in [-0.39, 0.29) is 5.91 Å². The first kappa shape index (κ1) is 11.7. The number of anilines is 1. The largest absolute Gasteiger partial charge is 0.451 e. The smallest absolute Gasteiger partial charge is 0.287 e. The molecular formula is C17H18N2O2. The van der Waals surface area contributed by atoms with Crippen molar-refractivity contribution in [1.82, 2.24) is 5.32 Å². The van der Waals surface area contributed by atoms with Crippen LogP contribution in [-0.4, -0.2) is 11.9 Å². The van der Waals surface area contributed by atoms with Gasteiger partial charge in [0.05, 0.1) is 0 Å². The highest BCUT2D eigenvalue weighted by Gasteiger charge is 2.65. The zero-order chi connectivity index (χ0) is 14.1. The minimum Gasteiger partial charge on any atom is -0.451 e. The van der Waals surface area contributed by atoms with Crippen LogP contribution in [0.4, 0.5) is 5.69 Å². The summed E-state index contributed by atoms with van der Waals surface area (Å²) in [7, 11) is 0. The molecule has 2 bridgehead atoms. The van der Waals surface area contributed by atoms with Crippen LogP contribution in [0, 0.1) is 23.7 Å². The average molecular weight is 282 g/mol. The predicted molar refractivity (Wildman–Crippen MR) is 79.7 cm³/mol. The summed E-state index contributed by atoms with van der Waals surface area (Å²) < 4.78 is 5.64. The number of fused-ring (bicyclic) bond motifs is 6. The van der Waals surface area contributed by atoms with Crippen molar-refractivity contribution in [2.45, 2.75) is 25.3 Å². The molecule has 1 heterocycles. The molecule has 0 saturated heterocycles. The third-order valence-corrected chi connectivity index (χ3v) is 5.80. The Morgan fingerprint density at radius 3 is 2.71 bits per heavy atom. The number of nitrogens with one attached hydrogen (secondary N) is 1. The zero-order valence-corrected chi connectivity index (χ0v) is 11.7. The maximum Gasteiger partial charge on any atom is 0.287 e. The van der Waals surface area contributed by atoms with Gasteiger partial charge in [-0.1, -0.05) is 0 Å². The summed E-state index contributed by atoms with van der Waals surface area (Å²) in [5, 5.41) is 4.07. The Bertz CT molecular complexity index is 734. The van der Waals surface area contributed by atoms with Gasteiger partial charge in [-0.05, 0) is 67.2 Å². The maximum absolute atomic E-state index is 12.4. The van der Waals surface area contributed by atoms with Gasteiger partial charge in [-0.3, -0.25) is 4.79 Å². The van der Waals surface area contributed by atoms with Crippen molar-refractivity contribution in [3.05, 3.63) is 30.0 Å². The summed E-state index contributed by atoms with van der Waals surface area (Å²) in [6.45, 7) is 0. The number of amides is 1. The van der Waals surface area contributed by atoms with E-state index in [1.165, 1.54) is 19.3 Å². The van der Waals surface area contributed by atoms with Gasteiger partial charge in [-0.25, -0.2) is 0 Å². The first-order chi connectivity index (χ1) is 10.2. The predicted octanol–water partition coefficient (Wildman–Crippen LogP) is 2.79. The zero-order valence-electron chi connectivity index (χ0n) is 11.7. The number of nitrogens with two attached hydrogens (primary N) is 1. The molecule has 21 heavy (non-hydrogen) atoms. The molecule has 0 spiro atoms. The van der Waals surface area contributed by atoms with Gasteiger partial charge >= 0.3 is 0 Å². The van der Waals surface area contributed by atoms with Crippen LogP contribution in [0.15, 0.2) is 28.7 Å². The fourth-order valence-electron chi connectivity index (χ4n) is 4.91. The second-order valence-corrected chi connectivity index (χ2v) is 6.90. The van der Waals surface area contributed by atoms with E-state index in [4.69, 9.17) is 10.2 Å². The molecule has 4 atom stereocenters. The first-order valence-corrected chi connectivity index (χ1v) is 7.80. The lowest BCUT2D eigenvalue weighted by molar-refractivity contribution is 0.0918. The lowest BCUT2D eigenvalue weighted by Crippen LogP contribution is -2.29. The fraction of sp³-hybridized carbons (Fsp3) is 0.471.